The zero-order chi connectivity index (χ0) is 25.9. The number of carbonyl (C=O) groups excluding carboxylic acids is 1. The van der Waals surface area contributed by atoms with Gasteiger partial charge in [-0.25, -0.2) is 9.97 Å². The Balaban J connectivity index is 1.42. The number of likely N-dealkylation sites (N-methyl/N-ethyl adjacent to an activating group) is 1. The smallest absolute Gasteiger partial charge is 0.236 e. The third-order valence-corrected chi connectivity index (χ3v) is 7.90. The third-order valence-electron chi connectivity index (χ3n) is 6.80. The molecule has 1 amide bonds. The summed E-state index contributed by atoms with van der Waals surface area (Å²) in [6.07, 6.45) is 1.27. The van der Waals surface area contributed by atoms with Crippen molar-refractivity contribution < 1.29 is 9.53 Å². The van der Waals surface area contributed by atoms with Crippen LogP contribution in [0.2, 0.25) is 0 Å². The summed E-state index contributed by atoms with van der Waals surface area (Å²) in [4.78, 5) is 32.1. The summed E-state index contributed by atoms with van der Waals surface area (Å²) in [5.41, 5.74) is 9.00. The lowest BCUT2D eigenvalue weighted by atomic mass is 10.1. The molecule has 2 aromatic heterocycles. The average molecular weight is 523 g/mol. The van der Waals surface area contributed by atoms with Gasteiger partial charge in [0.15, 0.2) is 11.6 Å². The molecule has 196 valence electrons. The number of amides is 1. The monoisotopic (exact) mass is 522 g/mol. The van der Waals surface area contributed by atoms with Crippen LogP contribution in [-0.2, 0) is 16.1 Å². The molecular weight excluding hydrogens is 488 g/mol. The van der Waals surface area contributed by atoms with E-state index in [2.05, 4.69) is 15.9 Å². The molecule has 0 aliphatic carbocycles. The molecule has 2 aliphatic rings. The Morgan fingerprint density at radius 3 is 2.62 bits per heavy atom. The Bertz CT molecular complexity index is 1280. The van der Waals surface area contributed by atoms with Gasteiger partial charge in [-0.2, -0.15) is 0 Å². The molecule has 1 aromatic carbocycles. The lowest BCUT2D eigenvalue weighted by Gasteiger charge is -2.35. The number of morpholine rings is 1. The second kappa shape index (κ2) is 11.1. The van der Waals surface area contributed by atoms with Crippen LogP contribution in [0, 0.1) is 5.41 Å². The molecule has 0 radical (unpaired) electrons. The predicted octanol–water partition coefficient (Wildman–Crippen LogP) is 1.98. The maximum Gasteiger partial charge on any atom is 0.236 e. The van der Waals surface area contributed by atoms with Gasteiger partial charge in [-0.1, -0.05) is 12.1 Å². The fraction of sp³-hybridized carbons (Fsp3) is 0.462. The Labute approximate surface area is 221 Å². The highest BCUT2D eigenvalue weighted by Crippen LogP contribution is 2.36. The number of nitrogens with two attached hydrogens (primary N) is 1. The van der Waals surface area contributed by atoms with Crippen LogP contribution in [0.25, 0.3) is 21.6 Å². The van der Waals surface area contributed by atoms with Crippen molar-refractivity contribution in [2.45, 2.75) is 6.54 Å². The van der Waals surface area contributed by atoms with E-state index in [0.29, 0.717) is 36.8 Å². The van der Waals surface area contributed by atoms with Crippen molar-refractivity contribution >= 4 is 45.2 Å². The number of anilines is 2. The number of ether oxygens (including phenoxy) is 1. The van der Waals surface area contributed by atoms with Crippen molar-refractivity contribution in [3.05, 3.63) is 34.7 Å². The number of fused-ring (bicyclic) bond motifs is 1. The van der Waals surface area contributed by atoms with E-state index in [9.17, 15) is 4.79 Å². The number of thiophene rings is 1. The Hall–Kier alpha value is -3.12. The van der Waals surface area contributed by atoms with Crippen molar-refractivity contribution in [3.63, 3.8) is 0 Å². The van der Waals surface area contributed by atoms with E-state index in [1.54, 1.807) is 17.4 Å². The molecular formula is C26H34N8O2S. The molecule has 5 rings (SSSR count). The first-order valence-corrected chi connectivity index (χ1v) is 13.4. The summed E-state index contributed by atoms with van der Waals surface area (Å²) >= 11 is 1.74. The van der Waals surface area contributed by atoms with Gasteiger partial charge < -0.3 is 30.6 Å². The van der Waals surface area contributed by atoms with E-state index in [-0.39, 0.29) is 5.91 Å². The Morgan fingerprint density at radius 1 is 1.16 bits per heavy atom. The molecule has 2 fully saturated rings. The van der Waals surface area contributed by atoms with E-state index in [4.69, 9.17) is 25.8 Å². The lowest BCUT2D eigenvalue weighted by molar-refractivity contribution is -0.133. The average Bonchev–Trinajstić information content (AvgIpc) is 3.30. The van der Waals surface area contributed by atoms with Crippen LogP contribution in [0.1, 0.15) is 10.4 Å². The highest BCUT2D eigenvalue weighted by Gasteiger charge is 2.24. The molecule has 2 saturated heterocycles. The number of nitrogens with zero attached hydrogens (tertiary/aromatic N) is 6. The van der Waals surface area contributed by atoms with Gasteiger partial charge in [-0.05, 0) is 26.2 Å². The van der Waals surface area contributed by atoms with Gasteiger partial charge in [0.2, 0.25) is 5.91 Å². The molecule has 4 heterocycles. The summed E-state index contributed by atoms with van der Waals surface area (Å²) in [5, 5.41) is 7.89. The number of rotatable bonds is 7. The SMILES string of the molecule is CN(C)CC(=O)N1CCN(Cc2cc3nc(-c4cccc(N)c4C=N)nc(N4CCOCC4)c3s2)CC1. The quantitative estimate of drug-likeness (QED) is 0.358. The summed E-state index contributed by atoms with van der Waals surface area (Å²) in [6.45, 7) is 7.36. The Kier molecular flexibility index (Phi) is 7.65. The van der Waals surface area contributed by atoms with Crippen LogP contribution in [0.5, 0.6) is 0 Å². The van der Waals surface area contributed by atoms with Crippen molar-refractivity contribution in [2.75, 3.05) is 83.8 Å². The van der Waals surface area contributed by atoms with Gasteiger partial charge in [0, 0.05) is 73.7 Å². The highest BCUT2D eigenvalue weighted by atomic mass is 32.1. The first kappa shape index (κ1) is 25.5. The van der Waals surface area contributed by atoms with Crippen LogP contribution in [0.3, 0.4) is 0 Å². The van der Waals surface area contributed by atoms with Gasteiger partial charge >= 0.3 is 0 Å². The zero-order valence-corrected chi connectivity index (χ0v) is 22.3. The first-order valence-electron chi connectivity index (χ1n) is 12.6. The first-order chi connectivity index (χ1) is 17.9. The molecule has 11 heteroatoms. The van der Waals surface area contributed by atoms with Crippen molar-refractivity contribution in [1.82, 2.24) is 24.7 Å². The van der Waals surface area contributed by atoms with Crippen LogP contribution in [0.15, 0.2) is 24.3 Å². The van der Waals surface area contributed by atoms with Crippen molar-refractivity contribution in [3.8, 4) is 11.4 Å². The standard InChI is InChI=1S/C26H34N8O2S/c1-31(2)17-23(35)33-8-6-32(7-9-33)16-18-14-22-24(37-18)26(34-10-12-36-13-11-34)30-25(29-22)19-4-3-5-21(28)20(19)15-27/h3-5,14-15,27H,6-13,16-17,28H2,1-2H3. The number of hydrogen-bond acceptors (Lipinski definition) is 10. The number of carbonyl (C=O) groups is 1. The second-order valence-electron chi connectivity index (χ2n) is 9.74. The zero-order valence-electron chi connectivity index (χ0n) is 21.4. The van der Waals surface area contributed by atoms with Crippen molar-refractivity contribution in [1.29, 1.82) is 5.41 Å². The summed E-state index contributed by atoms with van der Waals surface area (Å²) in [5.74, 6) is 1.68. The van der Waals surface area contributed by atoms with Gasteiger partial charge in [0.25, 0.3) is 0 Å². The maximum atomic E-state index is 12.4. The minimum Gasteiger partial charge on any atom is -0.398 e. The number of aromatic nitrogens is 2. The molecule has 0 unspecified atom stereocenters. The second-order valence-corrected chi connectivity index (χ2v) is 10.9. The number of hydrogen-bond donors (Lipinski definition) is 2. The maximum absolute atomic E-state index is 12.4. The molecule has 3 aromatic rings. The van der Waals surface area contributed by atoms with Crippen LogP contribution >= 0.6 is 11.3 Å². The molecule has 0 bridgehead atoms. The molecule has 2 aliphatic heterocycles. The lowest BCUT2D eigenvalue weighted by Crippen LogP contribution is -2.50. The van der Waals surface area contributed by atoms with Gasteiger partial charge in [-0.15, -0.1) is 11.3 Å². The number of nitrogens with one attached hydrogen (secondary N) is 1. The fourth-order valence-electron chi connectivity index (χ4n) is 4.84. The minimum atomic E-state index is 0.190. The van der Waals surface area contributed by atoms with Crippen LogP contribution in [-0.4, -0.2) is 110 Å². The van der Waals surface area contributed by atoms with E-state index in [1.807, 2.05) is 36.0 Å². The van der Waals surface area contributed by atoms with Gasteiger partial charge in [0.05, 0.1) is 30.0 Å². The highest BCUT2D eigenvalue weighted by molar-refractivity contribution is 7.19. The topological polar surface area (TPSA) is 115 Å². The van der Waals surface area contributed by atoms with E-state index >= 15 is 0 Å². The molecule has 10 nitrogen and oxygen atoms in total. The van der Waals surface area contributed by atoms with Crippen molar-refractivity contribution in [2.24, 2.45) is 0 Å². The minimum absolute atomic E-state index is 0.190. The molecule has 0 spiro atoms. The summed E-state index contributed by atoms with van der Waals surface area (Å²) in [7, 11) is 3.85. The molecule has 37 heavy (non-hydrogen) atoms. The van der Waals surface area contributed by atoms with E-state index in [0.717, 1.165) is 67.4 Å². The third kappa shape index (κ3) is 5.59. The number of benzene rings is 1. The van der Waals surface area contributed by atoms with Crippen LogP contribution < -0.4 is 10.6 Å². The summed E-state index contributed by atoms with van der Waals surface area (Å²) in [6, 6.07) is 7.75. The summed E-state index contributed by atoms with van der Waals surface area (Å²) < 4.78 is 6.66. The van der Waals surface area contributed by atoms with E-state index in [1.165, 1.54) is 11.1 Å². The largest absolute Gasteiger partial charge is 0.398 e. The van der Waals surface area contributed by atoms with E-state index < -0.39 is 0 Å². The number of piperazine rings is 1. The van der Waals surface area contributed by atoms with Gasteiger partial charge in [0.1, 0.15) is 0 Å². The molecule has 3 N–H and O–H groups in total. The normalized spacial score (nSPS) is 17.1. The Morgan fingerprint density at radius 2 is 1.92 bits per heavy atom. The predicted molar refractivity (Wildman–Crippen MR) is 149 cm³/mol. The molecule has 0 atom stereocenters. The van der Waals surface area contributed by atoms with Gasteiger partial charge in [-0.3, -0.25) is 9.69 Å². The molecule has 0 saturated carbocycles. The fourth-order valence-corrected chi connectivity index (χ4v) is 5.99. The van der Waals surface area contributed by atoms with Crippen LogP contribution in [0.4, 0.5) is 11.5 Å². The number of nitrogen functional groups attached to an aromatic ring is 1.